The van der Waals surface area contributed by atoms with Crippen LogP contribution >= 0.6 is 0 Å². The molecular formula is C9H14N2O3. The summed E-state index contributed by atoms with van der Waals surface area (Å²) >= 11 is 0. The molecule has 0 radical (unpaired) electrons. The normalized spacial score (nSPS) is 16.5. The van der Waals surface area contributed by atoms with Crippen molar-refractivity contribution in [1.29, 1.82) is 0 Å². The Hall–Kier alpha value is -1.52. The minimum absolute atomic E-state index is 0.157. The van der Waals surface area contributed by atoms with Gasteiger partial charge in [0.1, 0.15) is 12.3 Å². The van der Waals surface area contributed by atoms with Gasteiger partial charge in [0.05, 0.1) is 0 Å². The standard InChI is InChI=1S/C9H14N2O3/c1-9(2,3)14-8(13)11-5-4-7(12)10-6-11/h4-5H,6H2,1-3H3,(H,10,12). The molecule has 1 rings (SSSR count). The number of ether oxygens (including phenoxy) is 1. The van der Waals surface area contributed by atoms with Crippen LogP contribution in [-0.4, -0.2) is 29.2 Å². The van der Waals surface area contributed by atoms with Gasteiger partial charge in [0.15, 0.2) is 0 Å². The van der Waals surface area contributed by atoms with E-state index in [2.05, 4.69) is 5.32 Å². The van der Waals surface area contributed by atoms with Gasteiger partial charge < -0.3 is 10.1 Å². The number of hydrogen-bond donors (Lipinski definition) is 1. The number of rotatable bonds is 0. The van der Waals surface area contributed by atoms with Gasteiger partial charge in [-0.05, 0) is 20.8 Å². The van der Waals surface area contributed by atoms with E-state index < -0.39 is 11.7 Å². The summed E-state index contributed by atoms with van der Waals surface area (Å²) in [5, 5.41) is 2.50. The lowest BCUT2D eigenvalue weighted by Crippen LogP contribution is -2.43. The quantitative estimate of drug-likeness (QED) is 0.627. The number of carbonyl (C=O) groups excluding carboxylic acids is 2. The van der Waals surface area contributed by atoms with E-state index in [1.807, 2.05) is 0 Å². The van der Waals surface area contributed by atoms with Gasteiger partial charge in [0.2, 0.25) is 5.91 Å². The molecule has 1 N–H and O–H groups in total. The number of nitrogens with zero attached hydrogens (tertiary/aromatic N) is 1. The van der Waals surface area contributed by atoms with E-state index >= 15 is 0 Å². The van der Waals surface area contributed by atoms with Gasteiger partial charge in [-0.3, -0.25) is 9.69 Å². The third-order valence-corrected chi connectivity index (χ3v) is 1.46. The lowest BCUT2D eigenvalue weighted by atomic mass is 10.2. The zero-order valence-corrected chi connectivity index (χ0v) is 8.53. The summed E-state index contributed by atoms with van der Waals surface area (Å²) in [6.07, 6.45) is 2.23. The largest absolute Gasteiger partial charge is 0.443 e. The second-order valence-electron chi connectivity index (χ2n) is 3.97. The summed E-state index contributed by atoms with van der Waals surface area (Å²) in [5.74, 6) is -0.204. The third kappa shape index (κ3) is 3.08. The second-order valence-corrected chi connectivity index (χ2v) is 3.97. The van der Waals surface area contributed by atoms with Gasteiger partial charge in [0, 0.05) is 12.3 Å². The Balaban J connectivity index is 2.54. The molecule has 0 fully saturated rings. The molecule has 1 heterocycles. The summed E-state index contributed by atoms with van der Waals surface area (Å²) in [6, 6.07) is 0. The summed E-state index contributed by atoms with van der Waals surface area (Å²) in [5.41, 5.74) is -0.521. The SMILES string of the molecule is CC(C)(C)OC(=O)N1C=CC(=O)NC1. The Bertz CT molecular complexity index is 278. The van der Waals surface area contributed by atoms with Crippen LogP contribution in [0.3, 0.4) is 0 Å². The zero-order chi connectivity index (χ0) is 10.8. The van der Waals surface area contributed by atoms with Crippen LogP contribution < -0.4 is 5.32 Å². The minimum atomic E-state index is -0.521. The van der Waals surface area contributed by atoms with Gasteiger partial charge in [-0.25, -0.2) is 4.79 Å². The Morgan fingerprint density at radius 2 is 2.21 bits per heavy atom. The summed E-state index contributed by atoms with van der Waals surface area (Å²) in [4.78, 5) is 23.5. The smallest absolute Gasteiger partial charge is 0.415 e. The molecule has 1 aliphatic heterocycles. The van der Waals surface area contributed by atoms with E-state index in [1.165, 1.54) is 17.2 Å². The number of hydrogen-bond acceptors (Lipinski definition) is 3. The van der Waals surface area contributed by atoms with Crippen molar-refractivity contribution < 1.29 is 14.3 Å². The van der Waals surface area contributed by atoms with Crippen molar-refractivity contribution in [3.63, 3.8) is 0 Å². The average Bonchev–Trinajstić information content (AvgIpc) is 2.02. The Morgan fingerprint density at radius 3 is 2.64 bits per heavy atom. The van der Waals surface area contributed by atoms with Crippen molar-refractivity contribution in [2.45, 2.75) is 26.4 Å². The maximum absolute atomic E-state index is 11.4. The van der Waals surface area contributed by atoms with E-state index in [9.17, 15) is 9.59 Å². The number of carbonyl (C=O) groups is 2. The highest BCUT2D eigenvalue weighted by atomic mass is 16.6. The van der Waals surface area contributed by atoms with Crippen LogP contribution in [0.5, 0.6) is 0 Å². The molecule has 0 aromatic heterocycles. The molecule has 5 heteroatoms. The summed E-state index contributed by atoms with van der Waals surface area (Å²) in [7, 11) is 0. The molecule has 0 saturated heterocycles. The molecule has 0 atom stereocenters. The van der Waals surface area contributed by atoms with Crippen LogP contribution in [0.4, 0.5) is 4.79 Å². The molecule has 0 spiro atoms. The predicted octanol–water partition coefficient (Wildman–Crippen LogP) is 0.825. The maximum atomic E-state index is 11.4. The van der Waals surface area contributed by atoms with E-state index in [0.29, 0.717) is 0 Å². The Labute approximate surface area is 82.7 Å². The first-order chi connectivity index (χ1) is 6.38. The van der Waals surface area contributed by atoms with Crippen LogP contribution in [0.25, 0.3) is 0 Å². The molecule has 0 bridgehead atoms. The Morgan fingerprint density at radius 1 is 1.57 bits per heavy atom. The lowest BCUT2D eigenvalue weighted by Gasteiger charge is -2.26. The first-order valence-electron chi connectivity index (χ1n) is 4.34. The van der Waals surface area contributed by atoms with Crippen LogP contribution in [0.1, 0.15) is 20.8 Å². The number of amides is 2. The fourth-order valence-corrected chi connectivity index (χ4v) is 0.878. The van der Waals surface area contributed by atoms with Crippen molar-refractivity contribution in [1.82, 2.24) is 10.2 Å². The van der Waals surface area contributed by atoms with E-state index in [0.717, 1.165) is 0 Å². The summed E-state index contributed by atoms with van der Waals surface area (Å²) in [6.45, 7) is 5.52. The average molecular weight is 198 g/mol. The fraction of sp³-hybridized carbons (Fsp3) is 0.556. The van der Waals surface area contributed by atoms with Crippen molar-refractivity contribution in [3.05, 3.63) is 12.3 Å². The van der Waals surface area contributed by atoms with Crippen molar-refractivity contribution in [3.8, 4) is 0 Å². The van der Waals surface area contributed by atoms with Gasteiger partial charge >= 0.3 is 6.09 Å². The molecule has 5 nitrogen and oxygen atoms in total. The molecule has 78 valence electrons. The highest BCUT2D eigenvalue weighted by Crippen LogP contribution is 2.10. The molecule has 0 aromatic rings. The van der Waals surface area contributed by atoms with Crippen LogP contribution in [0, 0.1) is 0 Å². The van der Waals surface area contributed by atoms with Crippen molar-refractivity contribution >= 4 is 12.0 Å². The molecule has 1 aliphatic rings. The number of nitrogens with one attached hydrogen (secondary N) is 1. The highest BCUT2D eigenvalue weighted by Gasteiger charge is 2.22. The highest BCUT2D eigenvalue weighted by molar-refractivity contribution is 5.89. The van der Waals surface area contributed by atoms with E-state index in [-0.39, 0.29) is 12.6 Å². The second kappa shape index (κ2) is 3.69. The monoisotopic (exact) mass is 198 g/mol. The van der Waals surface area contributed by atoms with Crippen LogP contribution in [0.2, 0.25) is 0 Å². The molecule has 2 amide bonds. The van der Waals surface area contributed by atoms with Crippen molar-refractivity contribution in [2.24, 2.45) is 0 Å². The van der Waals surface area contributed by atoms with Crippen LogP contribution in [-0.2, 0) is 9.53 Å². The van der Waals surface area contributed by atoms with Gasteiger partial charge in [-0.15, -0.1) is 0 Å². The third-order valence-electron chi connectivity index (χ3n) is 1.46. The maximum Gasteiger partial charge on any atom is 0.415 e. The summed E-state index contributed by atoms with van der Waals surface area (Å²) < 4.78 is 5.10. The van der Waals surface area contributed by atoms with Crippen molar-refractivity contribution in [2.75, 3.05) is 6.67 Å². The topological polar surface area (TPSA) is 58.6 Å². The molecule has 14 heavy (non-hydrogen) atoms. The first kappa shape index (κ1) is 10.6. The predicted molar refractivity (Wildman–Crippen MR) is 50.2 cm³/mol. The first-order valence-corrected chi connectivity index (χ1v) is 4.34. The fourth-order valence-electron chi connectivity index (χ4n) is 0.878. The van der Waals surface area contributed by atoms with Gasteiger partial charge in [-0.1, -0.05) is 0 Å². The lowest BCUT2D eigenvalue weighted by molar-refractivity contribution is -0.117. The van der Waals surface area contributed by atoms with Gasteiger partial charge in [-0.2, -0.15) is 0 Å². The van der Waals surface area contributed by atoms with E-state index in [1.54, 1.807) is 20.8 Å². The molecule has 0 aliphatic carbocycles. The molecule has 0 aromatic carbocycles. The van der Waals surface area contributed by atoms with Gasteiger partial charge in [0.25, 0.3) is 0 Å². The van der Waals surface area contributed by atoms with Crippen LogP contribution in [0.15, 0.2) is 12.3 Å². The molecular weight excluding hydrogens is 184 g/mol. The Kier molecular flexibility index (Phi) is 2.78. The molecule has 0 unspecified atom stereocenters. The molecule has 0 saturated carbocycles. The van der Waals surface area contributed by atoms with E-state index in [4.69, 9.17) is 4.74 Å². The minimum Gasteiger partial charge on any atom is -0.443 e. The zero-order valence-electron chi connectivity index (χ0n) is 8.53.